The van der Waals surface area contributed by atoms with Crippen LogP contribution in [0.3, 0.4) is 0 Å². The minimum Gasteiger partial charge on any atom is -0.548 e. The van der Waals surface area contributed by atoms with Gasteiger partial charge in [-0.15, -0.1) is 4.37 Å². The lowest BCUT2D eigenvalue weighted by Gasteiger charge is -2.27. The van der Waals surface area contributed by atoms with Crippen molar-refractivity contribution in [2.75, 3.05) is 18.4 Å². The van der Waals surface area contributed by atoms with Crippen LogP contribution in [-0.4, -0.2) is 54.4 Å². The zero-order valence-electron chi connectivity index (χ0n) is 20.1. The third-order valence-corrected chi connectivity index (χ3v) is 8.56. The summed E-state index contributed by atoms with van der Waals surface area (Å²) in [6.07, 6.45) is 1.53. The van der Waals surface area contributed by atoms with E-state index in [2.05, 4.69) is 14.1 Å². The second-order valence-electron chi connectivity index (χ2n) is 9.67. The molecule has 2 heterocycles. The number of phenols is 3. The van der Waals surface area contributed by atoms with Crippen LogP contribution in [0.5, 0.6) is 17.2 Å². The molecule has 36 heavy (non-hydrogen) atoms. The van der Waals surface area contributed by atoms with Gasteiger partial charge in [0.2, 0.25) is 21.3 Å². The molecule has 1 aliphatic rings. The Labute approximate surface area is 212 Å². The summed E-state index contributed by atoms with van der Waals surface area (Å²) < 4.78 is 46.3. The molecule has 0 saturated carbocycles. The maximum Gasteiger partial charge on any atom is 0.246 e. The van der Waals surface area contributed by atoms with Gasteiger partial charge in [0, 0.05) is 17.5 Å². The molecule has 2 atom stereocenters. The normalized spacial score (nSPS) is 16.9. The molecule has 1 unspecified atom stereocenters. The number of rotatable bonds is 6. The molecular formula is C23H29N5O6S2. The lowest BCUT2D eigenvalue weighted by molar-refractivity contribution is 0.321. The second kappa shape index (κ2) is 9.73. The van der Waals surface area contributed by atoms with Gasteiger partial charge in [-0.2, -0.15) is 4.31 Å². The summed E-state index contributed by atoms with van der Waals surface area (Å²) >= 11 is -1.85. The van der Waals surface area contributed by atoms with Gasteiger partial charge in [-0.1, -0.05) is 32.9 Å². The van der Waals surface area contributed by atoms with E-state index in [0.29, 0.717) is 18.7 Å². The van der Waals surface area contributed by atoms with Crippen LogP contribution in [-0.2, 0) is 10.0 Å². The standard InChI is InChI=1S/C23H29N5O6S2/c1-23(2,3)20(14-9-10-16(29)17(30)13-14)25-22-21(26-35(32)27-22)24-15-7-6-8-18(19(15)31)36(33,34)28-11-4-5-12-28/h6-10,13,20,29-31H,4-5,11-12H2,1-3H3,(H,24,26)(H,25,27)/t20-,35?/m0/s1. The number of aromatic amines is 1. The van der Waals surface area contributed by atoms with E-state index in [0.717, 1.165) is 12.8 Å². The summed E-state index contributed by atoms with van der Waals surface area (Å²) in [6.45, 7) is 6.58. The molecule has 4 rings (SSSR count). The Hall–Kier alpha value is -3.13. The summed E-state index contributed by atoms with van der Waals surface area (Å²) in [6, 6.07) is 8.17. The highest BCUT2D eigenvalue weighted by molar-refractivity contribution is 7.89. The van der Waals surface area contributed by atoms with E-state index in [1.165, 1.54) is 34.6 Å². The van der Waals surface area contributed by atoms with Gasteiger partial charge < -0.3 is 25.2 Å². The first-order valence-electron chi connectivity index (χ1n) is 11.3. The zero-order valence-corrected chi connectivity index (χ0v) is 21.7. The van der Waals surface area contributed by atoms with Crippen molar-refractivity contribution >= 4 is 32.7 Å². The van der Waals surface area contributed by atoms with Gasteiger partial charge in [0.25, 0.3) is 0 Å². The van der Waals surface area contributed by atoms with Crippen molar-refractivity contribution in [3.8, 4) is 17.2 Å². The second-order valence-corrected chi connectivity index (χ2v) is 12.5. The quantitative estimate of drug-likeness (QED) is 0.235. The Morgan fingerprint density at radius 2 is 1.83 bits per heavy atom. The number of phenolic OH excluding ortho intramolecular Hbond substituents is 3. The molecular weight excluding hydrogens is 506 g/mol. The maximum atomic E-state index is 13.0. The highest BCUT2D eigenvalue weighted by Crippen LogP contribution is 2.39. The summed E-state index contributed by atoms with van der Waals surface area (Å²) in [5.41, 5.74) is 0.342. The number of hydrogen-bond donors (Lipinski definition) is 5. The van der Waals surface area contributed by atoms with Crippen LogP contribution in [0.2, 0.25) is 0 Å². The number of para-hydroxylation sites is 1. The van der Waals surface area contributed by atoms with Crippen LogP contribution in [0, 0.1) is 5.41 Å². The smallest absolute Gasteiger partial charge is 0.246 e. The summed E-state index contributed by atoms with van der Waals surface area (Å²) in [5, 5.41) is 33.4. The van der Waals surface area contributed by atoms with E-state index in [1.807, 2.05) is 20.8 Å². The van der Waals surface area contributed by atoms with Crippen LogP contribution >= 0.6 is 11.1 Å². The molecule has 2 aromatic carbocycles. The number of aromatic nitrogens is 2. The zero-order chi connectivity index (χ0) is 26.3. The van der Waals surface area contributed by atoms with Gasteiger partial charge in [0.1, 0.15) is 4.90 Å². The summed E-state index contributed by atoms with van der Waals surface area (Å²) in [5.74, 6) is -0.975. The Kier molecular flexibility index (Phi) is 7.01. The number of anilines is 2. The largest absolute Gasteiger partial charge is 0.548 e. The summed E-state index contributed by atoms with van der Waals surface area (Å²) in [4.78, 5) is 4.47. The minimum atomic E-state index is -3.88. The van der Waals surface area contributed by atoms with E-state index < -0.39 is 38.4 Å². The molecule has 5 N–H and O–H groups in total. The predicted octanol–water partition coefficient (Wildman–Crippen LogP) is 3.47. The van der Waals surface area contributed by atoms with E-state index in [1.54, 1.807) is 6.07 Å². The van der Waals surface area contributed by atoms with Gasteiger partial charge in [-0.05, 0) is 48.1 Å². The third kappa shape index (κ3) is 5.19. The van der Waals surface area contributed by atoms with E-state index in [9.17, 15) is 28.3 Å². The molecule has 0 spiro atoms. The minimum absolute atomic E-state index is 0.0524. The van der Waals surface area contributed by atoms with Gasteiger partial charge in [-0.3, -0.25) is 4.99 Å². The summed E-state index contributed by atoms with van der Waals surface area (Å²) in [7, 11) is -3.88. The SMILES string of the molecule is CC(C)(C)[C@@H](N=c1[nH][s+]([O-])nc1Nc1cccc(S(=O)(=O)N2CCCC2)c1O)c1ccc(O)c(O)c1. The highest BCUT2D eigenvalue weighted by atomic mass is 32.2. The van der Waals surface area contributed by atoms with Crippen molar-refractivity contribution in [2.45, 2.75) is 44.6 Å². The molecule has 1 aromatic heterocycles. The van der Waals surface area contributed by atoms with Crippen LogP contribution in [0.15, 0.2) is 46.3 Å². The predicted molar refractivity (Wildman–Crippen MR) is 134 cm³/mol. The number of hydrogen-bond acceptors (Lipinski definition) is 9. The number of benzene rings is 2. The first-order valence-corrected chi connectivity index (χ1v) is 13.9. The average molecular weight is 536 g/mol. The lowest BCUT2D eigenvalue weighted by Crippen LogP contribution is -2.28. The van der Waals surface area contributed by atoms with E-state index >= 15 is 0 Å². The van der Waals surface area contributed by atoms with Crippen molar-refractivity contribution in [3.63, 3.8) is 0 Å². The monoisotopic (exact) mass is 535 g/mol. The Balaban J connectivity index is 1.75. The fourth-order valence-corrected chi connectivity index (χ4v) is 6.36. The molecule has 1 saturated heterocycles. The van der Waals surface area contributed by atoms with Gasteiger partial charge in [0.15, 0.2) is 28.4 Å². The Morgan fingerprint density at radius 1 is 1.14 bits per heavy atom. The molecule has 11 nitrogen and oxygen atoms in total. The first-order chi connectivity index (χ1) is 16.9. The maximum absolute atomic E-state index is 13.0. The molecule has 0 bridgehead atoms. The van der Waals surface area contributed by atoms with Crippen LogP contribution < -0.4 is 10.8 Å². The van der Waals surface area contributed by atoms with Crippen LogP contribution in [0.4, 0.5) is 11.5 Å². The molecule has 13 heteroatoms. The fraction of sp³-hybridized carbons (Fsp3) is 0.391. The molecule has 1 aliphatic heterocycles. The van der Waals surface area contributed by atoms with Gasteiger partial charge in [0.05, 0.1) is 11.7 Å². The molecule has 3 aromatic rings. The molecule has 194 valence electrons. The lowest BCUT2D eigenvalue weighted by atomic mass is 9.82. The number of nitrogens with one attached hydrogen (secondary N) is 2. The fourth-order valence-electron chi connectivity index (χ4n) is 4.08. The van der Waals surface area contributed by atoms with E-state index in [-0.39, 0.29) is 33.4 Å². The molecule has 0 aliphatic carbocycles. The number of sulfonamides is 1. The van der Waals surface area contributed by atoms with Crippen LogP contribution in [0.25, 0.3) is 0 Å². The molecule has 0 radical (unpaired) electrons. The topological polar surface area (TPSA) is 174 Å². The molecule has 0 amide bonds. The highest BCUT2D eigenvalue weighted by Gasteiger charge is 2.31. The van der Waals surface area contributed by atoms with Crippen molar-refractivity contribution < 1.29 is 28.3 Å². The first kappa shape index (κ1) is 25.9. The third-order valence-electron chi connectivity index (χ3n) is 5.91. The number of H-pyrrole nitrogens is 1. The van der Waals surface area contributed by atoms with Gasteiger partial charge in [-0.25, -0.2) is 8.42 Å². The van der Waals surface area contributed by atoms with Gasteiger partial charge >= 0.3 is 0 Å². The average Bonchev–Trinajstić information content (AvgIpc) is 3.45. The Bertz CT molecular complexity index is 1440. The van der Waals surface area contributed by atoms with Crippen molar-refractivity contribution in [1.29, 1.82) is 0 Å². The number of nitrogens with zero attached hydrogens (tertiary/aromatic N) is 3. The Morgan fingerprint density at radius 3 is 2.47 bits per heavy atom. The van der Waals surface area contributed by atoms with Crippen molar-refractivity contribution in [1.82, 2.24) is 13.1 Å². The van der Waals surface area contributed by atoms with Crippen molar-refractivity contribution in [2.24, 2.45) is 10.4 Å². The van der Waals surface area contributed by atoms with Crippen molar-refractivity contribution in [3.05, 3.63) is 47.4 Å². The number of aromatic hydroxyl groups is 3. The van der Waals surface area contributed by atoms with E-state index in [4.69, 9.17) is 4.99 Å². The molecule has 1 fully saturated rings. The van der Waals surface area contributed by atoms with Crippen LogP contribution in [0.1, 0.15) is 45.2 Å².